The topological polar surface area (TPSA) is 78.7 Å². The Morgan fingerprint density at radius 3 is 3.12 bits per heavy atom. The van der Waals surface area contributed by atoms with E-state index in [-0.39, 0.29) is 11.9 Å². The number of H-pyrrole nitrogens is 1. The van der Waals surface area contributed by atoms with Crippen LogP contribution in [0.3, 0.4) is 0 Å². The van der Waals surface area contributed by atoms with Gasteiger partial charge >= 0.3 is 0 Å². The lowest BCUT2D eigenvalue weighted by Gasteiger charge is -2.36. The van der Waals surface area contributed by atoms with Crippen molar-refractivity contribution in [2.24, 2.45) is 0 Å². The van der Waals surface area contributed by atoms with Crippen molar-refractivity contribution in [1.29, 1.82) is 0 Å². The van der Waals surface area contributed by atoms with Crippen LogP contribution in [-0.4, -0.2) is 46.7 Å². The molecule has 2 N–H and O–H groups in total. The number of aryl methyl sites for hydroxylation is 1. The van der Waals surface area contributed by atoms with Gasteiger partial charge in [-0.1, -0.05) is 0 Å². The number of thiazole rings is 1. The summed E-state index contributed by atoms with van der Waals surface area (Å²) in [5.41, 5.74) is 0.943. The summed E-state index contributed by atoms with van der Waals surface area (Å²) in [6.07, 6.45) is 1.48. The monoisotopic (exact) mass is 368 g/mol. The first-order valence-corrected chi connectivity index (χ1v) is 9.04. The van der Waals surface area contributed by atoms with E-state index in [9.17, 15) is 9.90 Å². The van der Waals surface area contributed by atoms with Crippen LogP contribution in [0.1, 0.15) is 28.9 Å². The molecule has 1 fully saturated rings. The fourth-order valence-electron chi connectivity index (χ4n) is 2.88. The second-order valence-corrected chi connectivity index (χ2v) is 7.59. The number of aromatic amines is 1. The van der Waals surface area contributed by atoms with E-state index in [4.69, 9.17) is 21.4 Å². The number of furan rings is 1. The standard InChI is InChI=1S/C16H20N2O4S2/c1-10-14(24-16(23)17-10)8-15(20)18-4-6-21-9-11(18)7-12(19)13-3-2-5-22-13/h2-3,5,11-12,19H,4,6-9H2,1H3,(H,17,23)/t11-,12-/m0/s1. The number of carbonyl (C=O) groups is 1. The average Bonchev–Trinajstić information content (AvgIpc) is 3.18. The number of nitrogens with one attached hydrogen (secondary N) is 1. The number of hydrogen-bond donors (Lipinski definition) is 2. The molecular weight excluding hydrogens is 348 g/mol. The van der Waals surface area contributed by atoms with Crippen LogP contribution in [0.25, 0.3) is 0 Å². The molecule has 3 rings (SSSR count). The highest BCUT2D eigenvalue weighted by Crippen LogP contribution is 2.24. The van der Waals surface area contributed by atoms with Gasteiger partial charge in [-0.25, -0.2) is 0 Å². The van der Waals surface area contributed by atoms with Crippen LogP contribution in [0, 0.1) is 10.9 Å². The lowest BCUT2D eigenvalue weighted by molar-refractivity contribution is -0.140. The van der Waals surface area contributed by atoms with E-state index in [0.717, 1.165) is 10.6 Å². The van der Waals surface area contributed by atoms with Crippen LogP contribution >= 0.6 is 23.6 Å². The minimum atomic E-state index is -0.752. The van der Waals surface area contributed by atoms with Crippen LogP contribution in [-0.2, 0) is 16.0 Å². The Kier molecular flexibility index (Phi) is 5.50. The first-order chi connectivity index (χ1) is 11.5. The van der Waals surface area contributed by atoms with Crippen LogP contribution in [0.2, 0.25) is 0 Å². The van der Waals surface area contributed by atoms with Crippen molar-refractivity contribution >= 4 is 29.5 Å². The number of hydrogen-bond acceptors (Lipinski definition) is 6. The third-order valence-corrected chi connectivity index (χ3v) is 5.49. The highest BCUT2D eigenvalue weighted by molar-refractivity contribution is 7.73. The van der Waals surface area contributed by atoms with Crippen molar-refractivity contribution < 1.29 is 19.1 Å². The Morgan fingerprint density at radius 1 is 1.62 bits per heavy atom. The van der Waals surface area contributed by atoms with Gasteiger partial charge < -0.3 is 24.1 Å². The molecule has 0 bridgehead atoms. The minimum Gasteiger partial charge on any atom is -0.467 e. The summed E-state index contributed by atoms with van der Waals surface area (Å²) in [7, 11) is 0. The molecule has 1 saturated heterocycles. The van der Waals surface area contributed by atoms with Crippen molar-refractivity contribution in [3.63, 3.8) is 0 Å². The van der Waals surface area contributed by atoms with Crippen LogP contribution in [0.5, 0.6) is 0 Å². The SMILES string of the molecule is Cc1[nH]c(=S)sc1CC(=O)N1CCOC[C@@H]1C[C@H](O)c1ccco1. The lowest BCUT2D eigenvalue weighted by Crippen LogP contribution is -2.49. The van der Waals surface area contributed by atoms with E-state index in [2.05, 4.69) is 4.98 Å². The van der Waals surface area contributed by atoms with Crippen LogP contribution in [0.4, 0.5) is 0 Å². The average molecular weight is 368 g/mol. The van der Waals surface area contributed by atoms with E-state index < -0.39 is 6.10 Å². The number of aliphatic hydroxyl groups excluding tert-OH is 1. The molecule has 1 aliphatic rings. The van der Waals surface area contributed by atoms with E-state index in [1.165, 1.54) is 17.6 Å². The number of aliphatic hydroxyl groups is 1. The summed E-state index contributed by atoms with van der Waals surface area (Å²) < 4.78 is 11.4. The Balaban J connectivity index is 1.68. The summed E-state index contributed by atoms with van der Waals surface area (Å²) in [6.45, 7) is 3.39. The Labute approximate surface area is 149 Å². The molecule has 1 aliphatic heterocycles. The number of carbonyl (C=O) groups excluding carboxylic acids is 1. The molecule has 6 nitrogen and oxygen atoms in total. The van der Waals surface area contributed by atoms with Crippen molar-refractivity contribution in [2.45, 2.75) is 31.9 Å². The van der Waals surface area contributed by atoms with E-state index in [1.807, 2.05) is 6.92 Å². The van der Waals surface area contributed by atoms with Crippen molar-refractivity contribution in [2.75, 3.05) is 19.8 Å². The molecule has 24 heavy (non-hydrogen) atoms. The fourth-order valence-corrected chi connectivity index (χ4v) is 4.16. The maximum atomic E-state index is 12.7. The van der Waals surface area contributed by atoms with Crippen molar-refractivity contribution in [3.8, 4) is 0 Å². The number of amides is 1. The van der Waals surface area contributed by atoms with Crippen LogP contribution < -0.4 is 0 Å². The third kappa shape index (κ3) is 3.94. The Morgan fingerprint density at radius 2 is 2.46 bits per heavy atom. The van der Waals surface area contributed by atoms with Gasteiger partial charge in [0.1, 0.15) is 11.9 Å². The summed E-state index contributed by atoms with van der Waals surface area (Å²) in [6, 6.07) is 3.30. The van der Waals surface area contributed by atoms with E-state index >= 15 is 0 Å². The predicted molar refractivity (Wildman–Crippen MR) is 92.5 cm³/mol. The number of morpholine rings is 1. The lowest BCUT2D eigenvalue weighted by atomic mass is 10.0. The second-order valence-electron chi connectivity index (χ2n) is 5.82. The van der Waals surface area contributed by atoms with Gasteiger partial charge in [0.05, 0.1) is 31.9 Å². The first kappa shape index (κ1) is 17.3. The zero-order valence-corrected chi connectivity index (χ0v) is 15.0. The Bertz CT molecular complexity index is 738. The number of aromatic nitrogens is 1. The highest BCUT2D eigenvalue weighted by atomic mass is 32.1. The van der Waals surface area contributed by atoms with Gasteiger partial charge in [0.25, 0.3) is 0 Å². The molecule has 8 heteroatoms. The van der Waals surface area contributed by atoms with Crippen molar-refractivity contribution in [3.05, 3.63) is 38.7 Å². The molecule has 0 unspecified atom stereocenters. The predicted octanol–water partition coefficient (Wildman–Crippen LogP) is 2.60. The Hall–Kier alpha value is -1.48. The molecule has 0 aromatic carbocycles. The molecule has 130 valence electrons. The third-order valence-electron chi connectivity index (χ3n) is 4.15. The minimum absolute atomic E-state index is 0.0308. The molecule has 0 aliphatic carbocycles. The molecular formula is C16H20N2O4S2. The molecule has 2 atom stereocenters. The molecule has 1 amide bonds. The maximum absolute atomic E-state index is 12.7. The molecule has 0 radical (unpaired) electrons. The summed E-state index contributed by atoms with van der Waals surface area (Å²) in [5.74, 6) is 0.538. The number of ether oxygens (including phenoxy) is 1. The fraction of sp³-hybridized carbons (Fsp3) is 0.500. The van der Waals surface area contributed by atoms with Gasteiger partial charge in [-0.2, -0.15) is 0 Å². The van der Waals surface area contributed by atoms with E-state index in [1.54, 1.807) is 17.0 Å². The summed E-state index contributed by atoms with van der Waals surface area (Å²) >= 11 is 6.57. The van der Waals surface area contributed by atoms with Crippen LogP contribution in [0.15, 0.2) is 22.8 Å². The zero-order chi connectivity index (χ0) is 17.1. The normalized spacial score (nSPS) is 19.4. The number of nitrogens with zero attached hydrogens (tertiary/aromatic N) is 1. The van der Waals surface area contributed by atoms with Gasteiger partial charge in [-0.15, -0.1) is 11.3 Å². The smallest absolute Gasteiger partial charge is 0.228 e. The maximum Gasteiger partial charge on any atom is 0.228 e. The van der Waals surface area contributed by atoms with Gasteiger partial charge in [0.2, 0.25) is 5.91 Å². The molecule has 2 aromatic heterocycles. The van der Waals surface area contributed by atoms with E-state index in [0.29, 0.717) is 42.3 Å². The second kappa shape index (κ2) is 7.60. The number of rotatable bonds is 5. The largest absolute Gasteiger partial charge is 0.467 e. The highest BCUT2D eigenvalue weighted by Gasteiger charge is 2.30. The van der Waals surface area contributed by atoms with Crippen molar-refractivity contribution in [1.82, 2.24) is 9.88 Å². The molecule has 3 heterocycles. The summed E-state index contributed by atoms with van der Waals surface area (Å²) in [5, 5.41) is 10.3. The quantitative estimate of drug-likeness (QED) is 0.793. The molecule has 0 saturated carbocycles. The first-order valence-electron chi connectivity index (χ1n) is 7.82. The summed E-state index contributed by atoms with van der Waals surface area (Å²) in [4.78, 5) is 18.6. The molecule has 2 aromatic rings. The zero-order valence-electron chi connectivity index (χ0n) is 13.4. The van der Waals surface area contributed by atoms with Gasteiger partial charge in [0.15, 0.2) is 3.95 Å². The van der Waals surface area contributed by atoms with Gasteiger partial charge in [-0.3, -0.25) is 4.79 Å². The van der Waals surface area contributed by atoms with Gasteiger partial charge in [-0.05, 0) is 31.3 Å². The molecule has 0 spiro atoms. The van der Waals surface area contributed by atoms with Gasteiger partial charge in [0, 0.05) is 23.5 Å².